The van der Waals surface area contributed by atoms with Crippen LogP contribution in [-0.4, -0.2) is 22.5 Å². The molecule has 6 heteroatoms. The highest BCUT2D eigenvalue weighted by molar-refractivity contribution is 7.16. The van der Waals surface area contributed by atoms with Gasteiger partial charge in [-0.25, -0.2) is 9.78 Å². The van der Waals surface area contributed by atoms with Crippen LogP contribution in [0.15, 0.2) is 18.2 Å². The van der Waals surface area contributed by atoms with Gasteiger partial charge >= 0.3 is 6.03 Å². The Bertz CT molecular complexity index is 850. The van der Waals surface area contributed by atoms with E-state index in [2.05, 4.69) is 36.3 Å². The topological polar surface area (TPSA) is 69.0 Å². The fraction of sp³-hybridized carbons (Fsp3) is 0.450. The highest BCUT2D eigenvalue weighted by Crippen LogP contribution is 2.28. The zero-order valence-corrected chi connectivity index (χ0v) is 16.3. The molecular weight excluding hydrogens is 344 g/mol. The fourth-order valence-electron chi connectivity index (χ4n) is 3.38. The molecule has 3 rings (SSSR count). The first-order valence-corrected chi connectivity index (χ1v) is 9.78. The van der Waals surface area contributed by atoms with Gasteiger partial charge in [-0.2, -0.15) is 5.26 Å². The van der Waals surface area contributed by atoms with Crippen molar-refractivity contribution in [2.75, 3.05) is 11.9 Å². The number of nitriles is 1. The Morgan fingerprint density at radius 2 is 2.27 bits per heavy atom. The highest BCUT2D eigenvalue weighted by atomic mass is 32.1. The van der Waals surface area contributed by atoms with E-state index >= 15 is 0 Å². The van der Waals surface area contributed by atoms with Gasteiger partial charge in [-0.15, -0.1) is 11.3 Å². The number of carbonyl (C=O) groups is 1. The van der Waals surface area contributed by atoms with Crippen LogP contribution >= 0.6 is 11.3 Å². The average molecular weight is 369 g/mol. The molecule has 0 fully saturated rings. The lowest BCUT2D eigenvalue weighted by Crippen LogP contribution is -2.39. The lowest BCUT2D eigenvalue weighted by Gasteiger charge is -2.30. The Morgan fingerprint density at radius 1 is 1.46 bits per heavy atom. The van der Waals surface area contributed by atoms with Crippen LogP contribution in [0.5, 0.6) is 0 Å². The maximum atomic E-state index is 12.8. The van der Waals surface area contributed by atoms with Gasteiger partial charge in [0.2, 0.25) is 0 Å². The Morgan fingerprint density at radius 3 is 3.00 bits per heavy atom. The number of anilines is 1. The summed E-state index contributed by atoms with van der Waals surface area (Å²) < 4.78 is 0. The molecule has 1 aliphatic rings. The number of rotatable bonds is 4. The quantitative estimate of drug-likeness (QED) is 0.874. The van der Waals surface area contributed by atoms with Gasteiger partial charge in [0, 0.05) is 13.1 Å². The molecule has 0 atom stereocenters. The van der Waals surface area contributed by atoms with Crippen molar-refractivity contribution in [3.8, 4) is 6.07 Å². The van der Waals surface area contributed by atoms with Crippen LogP contribution in [0.25, 0.3) is 0 Å². The molecule has 2 amide bonds. The molecule has 26 heavy (non-hydrogen) atoms. The number of hydrogen-bond donors (Lipinski definition) is 1. The third-order valence-electron chi connectivity index (χ3n) is 4.55. The van der Waals surface area contributed by atoms with Crippen LogP contribution in [-0.2, 0) is 25.8 Å². The molecular formula is C20H24N4OS. The number of aromatic nitrogens is 1. The molecule has 136 valence electrons. The van der Waals surface area contributed by atoms with Gasteiger partial charge in [0.15, 0.2) is 0 Å². The predicted octanol–water partition coefficient (Wildman–Crippen LogP) is 4.31. The van der Waals surface area contributed by atoms with E-state index in [4.69, 9.17) is 5.26 Å². The second-order valence-corrected chi connectivity index (χ2v) is 8.30. The summed E-state index contributed by atoms with van der Waals surface area (Å²) in [6.07, 6.45) is 2.08. The van der Waals surface area contributed by atoms with Crippen molar-refractivity contribution in [1.82, 2.24) is 9.88 Å². The highest BCUT2D eigenvalue weighted by Gasteiger charge is 2.23. The second kappa shape index (κ2) is 7.88. The minimum absolute atomic E-state index is 0.0741. The van der Waals surface area contributed by atoms with E-state index < -0.39 is 0 Å². The number of carbonyl (C=O) groups excluding carboxylic acids is 1. The summed E-state index contributed by atoms with van der Waals surface area (Å²) in [7, 11) is 0. The first-order valence-electron chi connectivity index (χ1n) is 8.96. The standard InChI is InChI=1S/C20H24N4OS/c1-13(2)11-18-19(26-14(3)22-18)23-20(25)24-10-8-17-15(7-9-21)5-4-6-16(17)12-24/h4-6,13H,7-8,10-12H2,1-3H3,(H,23,25). The summed E-state index contributed by atoms with van der Waals surface area (Å²) in [6.45, 7) is 7.52. The number of nitrogens with one attached hydrogen (secondary N) is 1. The van der Waals surface area contributed by atoms with Gasteiger partial charge in [-0.05, 0) is 42.4 Å². The van der Waals surface area contributed by atoms with Crippen molar-refractivity contribution in [2.24, 2.45) is 5.92 Å². The molecule has 0 radical (unpaired) electrons. The summed E-state index contributed by atoms with van der Waals surface area (Å²) >= 11 is 1.54. The summed E-state index contributed by atoms with van der Waals surface area (Å²) in [5, 5.41) is 13.9. The number of amides is 2. The van der Waals surface area contributed by atoms with Crippen LogP contribution in [0.4, 0.5) is 9.80 Å². The Balaban J connectivity index is 1.73. The number of thiazole rings is 1. The van der Waals surface area contributed by atoms with E-state index in [1.165, 1.54) is 16.9 Å². The number of nitrogens with zero attached hydrogens (tertiary/aromatic N) is 3. The molecule has 0 spiro atoms. The van der Waals surface area contributed by atoms with Crippen LogP contribution < -0.4 is 5.32 Å². The van der Waals surface area contributed by atoms with Crippen LogP contribution in [0.2, 0.25) is 0 Å². The number of hydrogen-bond acceptors (Lipinski definition) is 4. The lowest BCUT2D eigenvalue weighted by atomic mass is 9.93. The van der Waals surface area contributed by atoms with Crippen molar-refractivity contribution < 1.29 is 4.79 Å². The van der Waals surface area contributed by atoms with Gasteiger partial charge < -0.3 is 4.90 Å². The van der Waals surface area contributed by atoms with E-state index in [9.17, 15) is 4.79 Å². The van der Waals surface area contributed by atoms with Crippen LogP contribution in [0.1, 0.15) is 41.2 Å². The Hall–Kier alpha value is -2.39. The molecule has 1 aromatic heterocycles. The molecule has 0 aliphatic carbocycles. The molecule has 1 N–H and O–H groups in total. The Labute approximate surface area is 158 Å². The molecule has 2 heterocycles. The van der Waals surface area contributed by atoms with Crippen molar-refractivity contribution in [2.45, 2.75) is 46.6 Å². The minimum atomic E-state index is -0.0741. The van der Waals surface area contributed by atoms with E-state index in [0.717, 1.165) is 39.7 Å². The zero-order valence-electron chi connectivity index (χ0n) is 15.5. The monoisotopic (exact) mass is 368 g/mol. The third-order valence-corrected chi connectivity index (χ3v) is 5.47. The number of aryl methyl sites for hydroxylation is 1. The fourth-order valence-corrected chi connectivity index (χ4v) is 4.22. The first-order chi connectivity index (χ1) is 12.5. The molecule has 0 saturated carbocycles. The summed E-state index contributed by atoms with van der Waals surface area (Å²) in [5.41, 5.74) is 4.43. The molecule has 1 aromatic carbocycles. The SMILES string of the molecule is Cc1nc(CC(C)C)c(NC(=O)N2CCc3c(CC#N)cccc3C2)s1. The van der Waals surface area contributed by atoms with Crippen LogP contribution in [0.3, 0.4) is 0 Å². The minimum Gasteiger partial charge on any atom is -0.320 e. The van der Waals surface area contributed by atoms with Crippen molar-refractivity contribution in [3.63, 3.8) is 0 Å². The van der Waals surface area contributed by atoms with Crippen LogP contribution in [0, 0.1) is 24.2 Å². The normalized spacial score (nSPS) is 13.4. The van der Waals surface area contributed by atoms with E-state index in [1.54, 1.807) is 0 Å². The maximum absolute atomic E-state index is 12.8. The lowest BCUT2D eigenvalue weighted by molar-refractivity contribution is 0.206. The molecule has 0 bridgehead atoms. The van der Waals surface area contributed by atoms with E-state index in [1.807, 2.05) is 24.0 Å². The summed E-state index contributed by atoms with van der Waals surface area (Å²) in [6, 6.07) is 8.19. The first kappa shape index (κ1) is 18.4. The van der Waals surface area contributed by atoms with E-state index in [0.29, 0.717) is 25.4 Å². The third kappa shape index (κ3) is 4.05. The zero-order chi connectivity index (χ0) is 18.7. The molecule has 2 aromatic rings. The van der Waals surface area contributed by atoms with Gasteiger partial charge in [0.25, 0.3) is 0 Å². The van der Waals surface area contributed by atoms with Gasteiger partial charge in [0.05, 0.1) is 23.2 Å². The number of urea groups is 1. The predicted molar refractivity (Wildman–Crippen MR) is 104 cm³/mol. The second-order valence-electron chi connectivity index (χ2n) is 7.10. The van der Waals surface area contributed by atoms with E-state index in [-0.39, 0.29) is 6.03 Å². The summed E-state index contributed by atoms with van der Waals surface area (Å²) in [4.78, 5) is 19.2. The van der Waals surface area contributed by atoms with Crippen molar-refractivity contribution in [1.29, 1.82) is 5.26 Å². The number of fused-ring (bicyclic) bond motifs is 1. The largest absolute Gasteiger partial charge is 0.322 e. The van der Waals surface area contributed by atoms with Gasteiger partial charge in [0.1, 0.15) is 5.00 Å². The smallest absolute Gasteiger partial charge is 0.320 e. The molecule has 0 saturated heterocycles. The van der Waals surface area contributed by atoms with Gasteiger partial charge in [-0.3, -0.25) is 5.32 Å². The number of benzene rings is 1. The maximum Gasteiger partial charge on any atom is 0.322 e. The Kier molecular flexibility index (Phi) is 5.58. The van der Waals surface area contributed by atoms with Crippen molar-refractivity contribution >= 4 is 22.4 Å². The van der Waals surface area contributed by atoms with Crippen molar-refractivity contribution in [3.05, 3.63) is 45.6 Å². The molecule has 0 unspecified atom stereocenters. The summed E-state index contributed by atoms with van der Waals surface area (Å²) in [5.74, 6) is 0.493. The molecule has 1 aliphatic heterocycles. The van der Waals surface area contributed by atoms with Gasteiger partial charge in [-0.1, -0.05) is 32.0 Å². The average Bonchev–Trinajstić information content (AvgIpc) is 2.93. The molecule has 5 nitrogen and oxygen atoms in total.